The van der Waals surface area contributed by atoms with Gasteiger partial charge < -0.3 is 0 Å². The van der Waals surface area contributed by atoms with Crippen LogP contribution in [0.25, 0.3) is 0 Å². The standard InChI is InChI=1S/C18F15P/c19-1-4(22)10(28)16(11(29)5(1)23)34(17-12(30)6(24)2(20)7(25)13(17)31)18-14(32)8(26)3(21)9(27)15(18)33. The van der Waals surface area contributed by atoms with Gasteiger partial charge in [0, 0.05) is 7.92 Å². The second-order valence-corrected chi connectivity index (χ2v) is 8.10. The summed E-state index contributed by atoms with van der Waals surface area (Å²) in [6, 6.07) is 0. The molecule has 0 saturated carbocycles. The lowest BCUT2D eigenvalue weighted by Crippen LogP contribution is -2.36. The Morgan fingerprint density at radius 1 is 0.206 bits per heavy atom. The third-order valence-electron chi connectivity index (χ3n) is 4.23. The average Bonchev–Trinajstić information content (AvgIpc) is 2.81. The highest BCUT2D eigenvalue weighted by atomic mass is 31.1. The molecule has 0 aliphatic carbocycles. The van der Waals surface area contributed by atoms with E-state index in [2.05, 4.69) is 0 Å². The summed E-state index contributed by atoms with van der Waals surface area (Å²) in [5, 5.41) is -7.84. The third kappa shape index (κ3) is 3.48. The Kier molecular flexibility index (Phi) is 6.55. The predicted molar refractivity (Wildman–Crippen MR) is 84.5 cm³/mol. The molecule has 0 bridgehead atoms. The molecule has 0 aliphatic heterocycles. The van der Waals surface area contributed by atoms with Crippen molar-refractivity contribution in [2.75, 3.05) is 0 Å². The number of hydrogen-bond acceptors (Lipinski definition) is 0. The molecule has 0 radical (unpaired) electrons. The summed E-state index contributed by atoms with van der Waals surface area (Å²) in [5.41, 5.74) is 0. The van der Waals surface area contributed by atoms with Crippen LogP contribution in [0.15, 0.2) is 0 Å². The van der Waals surface area contributed by atoms with Crippen LogP contribution in [0, 0.1) is 87.3 Å². The molecule has 3 rings (SSSR count). The molecule has 0 unspecified atom stereocenters. The van der Waals surface area contributed by atoms with Gasteiger partial charge in [-0.05, 0) is 0 Å². The van der Waals surface area contributed by atoms with Gasteiger partial charge in [-0.25, -0.2) is 65.9 Å². The quantitative estimate of drug-likeness (QED) is 0.180. The maximum atomic E-state index is 14.4. The highest BCUT2D eigenvalue weighted by Crippen LogP contribution is 2.42. The lowest BCUT2D eigenvalue weighted by molar-refractivity contribution is 0.381. The second-order valence-electron chi connectivity index (χ2n) is 6.09. The molecule has 3 aromatic carbocycles. The largest absolute Gasteiger partial charge is 0.203 e. The van der Waals surface area contributed by atoms with Gasteiger partial charge in [-0.1, -0.05) is 0 Å². The first-order valence-electron chi connectivity index (χ1n) is 8.01. The zero-order valence-corrected chi connectivity index (χ0v) is 16.0. The normalized spacial score (nSPS) is 11.6. The van der Waals surface area contributed by atoms with Gasteiger partial charge in [-0.15, -0.1) is 0 Å². The van der Waals surface area contributed by atoms with Crippen LogP contribution in [0.3, 0.4) is 0 Å². The minimum absolute atomic E-state index is 2.61. The van der Waals surface area contributed by atoms with Gasteiger partial charge in [-0.3, -0.25) is 0 Å². The second kappa shape index (κ2) is 8.67. The molecule has 0 aliphatic rings. The van der Waals surface area contributed by atoms with Crippen molar-refractivity contribution in [3.8, 4) is 0 Å². The Morgan fingerprint density at radius 3 is 0.471 bits per heavy atom. The van der Waals surface area contributed by atoms with Crippen molar-refractivity contribution in [2.45, 2.75) is 0 Å². The molecule has 3 aromatic rings. The van der Waals surface area contributed by atoms with Crippen molar-refractivity contribution in [1.29, 1.82) is 0 Å². The van der Waals surface area contributed by atoms with Crippen molar-refractivity contribution in [2.24, 2.45) is 0 Å². The van der Waals surface area contributed by atoms with Crippen LogP contribution in [0.4, 0.5) is 65.9 Å². The fourth-order valence-electron chi connectivity index (χ4n) is 2.70. The molecule has 182 valence electrons. The molecular weight excluding hydrogens is 532 g/mol. The summed E-state index contributed by atoms with van der Waals surface area (Å²) in [5.74, 6) is -44.9. The van der Waals surface area contributed by atoms with E-state index in [9.17, 15) is 65.9 Å². The van der Waals surface area contributed by atoms with Gasteiger partial charge in [0.15, 0.2) is 69.8 Å². The molecule has 0 spiro atoms. The van der Waals surface area contributed by atoms with Crippen LogP contribution in [0.1, 0.15) is 0 Å². The van der Waals surface area contributed by atoms with Crippen LogP contribution >= 0.6 is 7.92 Å². The summed E-state index contributed by atoms with van der Waals surface area (Å²) >= 11 is 0. The zero-order chi connectivity index (χ0) is 26.0. The Labute approximate surface area is 178 Å². The van der Waals surface area contributed by atoms with Crippen LogP contribution in [-0.2, 0) is 0 Å². The maximum absolute atomic E-state index is 14.4. The minimum atomic E-state index is -4.90. The van der Waals surface area contributed by atoms with Crippen LogP contribution in [0.2, 0.25) is 0 Å². The predicted octanol–water partition coefficient (Wildman–Crippen LogP) is 5.53. The molecule has 34 heavy (non-hydrogen) atoms. The first-order chi connectivity index (χ1) is 15.7. The van der Waals surface area contributed by atoms with Crippen molar-refractivity contribution < 1.29 is 65.9 Å². The highest BCUT2D eigenvalue weighted by molar-refractivity contribution is 7.79. The fourth-order valence-corrected chi connectivity index (χ4v) is 5.14. The van der Waals surface area contributed by atoms with Gasteiger partial charge >= 0.3 is 0 Å². The monoisotopic (exact) mass is 532 g/mol. The van der Waals surface area contributed by atoms with Gasteiger partial charge in [0.25, 0.3) is 0 Å². The average molecular weight is 532 g/mol. The Bertz CT molecular complexity index is 1110. The lowest BCUT2D eigenvalue weighted by Gasteiger charge is -2.23. The number of rotatable bonds is 3. The van der Waals surface area contributed by atoms with E-state index in [-0.39, 0.29) is 0 Å². The Hall–Kier alpha value is -2.96. The van der Waals surface area contributed by atoms with Gasteiger partial charge in [-0.2, -0.15) is 0 Å². The zero-order valence-electron chi connectivity index (χ0n) is 15.1. The molecule has 0 aromatic heterocycles. The summed E-state index contributed by atoms with van der Waals surface area (Å²) in [6.45, 7) is 0. The van der Waals surface area contributed by atoms with Crippen LogP contribution in [0.5, 0.6) is 0 Å². The molecule has 0 atom stereocenters. The summed E-state index contributed by atoms with van der Waals surface area (Å²) in [6.07, 6.45) is 0. The SMILES string of the molecule is Fc1c(F)c(F)c(P(c2c(F)c(F)c(F)c(F)c2F)c2c(F)c(F)c(F)c(F)c2F)c(F)c1F. The number of halogens is 15. The molecule has 16 heteroatoms. The van der Waals surface area contributed by atoms with E-state index in [4.69, 9.17) is 0 Å². The van der Waals surface area contributed by atoms with Crippen molar-refractivity contribution in [3.63, 3.8) is 0 Å². The van der Waals surface area contributed by atoms with E-state index in [1.54, 1.807) is 0 Å². The lowest BCUT2D eigenvalue weighted by atomic mass is 10.3. The van der Waals surface area contributed by atoms with Crippen LogP contribution in [-0.4, -0.2) is 0 Å². The van der Waals surface area contributed by atoms with E-state index in [0.29, 0.717) is 0 Å². The van der Waals surface area contributed by atoms with Gasteiger partial charge in [0.1, 0.15) is 0 Å². The maximum Gasteiger partial charge on any atom is 0.200 e. The number of hydrogen-bond donors (Lipinski definition) is 0. The minimum Gasteiger partial charge on any atom is -0.203 e. The first kappa shape index (κ1) is 25.7. The van der Waals surface area contributed by atoms with Gasteiger partial charge in [0.2, 0.25) is 17.5 Å². The first-order valence-corrected chi connectivity index (χ1v) is 9.35. The van der Waals surface area contributed by atoms with Gasteiger partial charge in [0.05, 0.1) is 15.9 Å². The summed E-state index contributed by atoms with van der Waals surface area (Å²) in [7, 11) is -4.90. The molecule has 0 fully saturated rings. The molecule has 0 amide bonds. The Morgan fingerprint density at radius 2 is 0.324 bits per heavy atom. The topological polar surface area (TPSA) is 0 Å². The fraction of sp³-hybridized carbons (Fsp3) is 0. The molecule has 0 heterocycles. The van der Waals surface area contributed by atoms with E-state index in [0.717, 1.165) is 0 Å². The van der Waals surface area contributed by atoms with Crippen molar-refractivity contribution in [1.82, 2.24) is 0 Å². The van der Waals surface area contributed by atoms with E-state index < -0.39 is 111 Å². The smallest absolute Gasteiger partial charge is 0.200 e. The molecule has 0 N–H and O–H groups in total. The van der Waals surface area contributed by atoms with E-state index >= 15 is 0 Å². The van der Waals surface area contributed by atoms with E-state index in [1.807, 2.05) is 0 Å². The number of benzene rings is 3. The highest BCUT2D eigenvalue weighted by Gasteiger charge is 2.42. The van der Waals surface area contributed by atoms with Crippen molar-refractivity contribution >= 4 is 23.8 Å². The third-order valence-corrected chi connectivity index (χ3v) is 6.75. The molecule has 0 nitrogen and oxygen atoms in total. The molecule has 0 saturated heterocycles. The molecular formula is C18F15P. The Balaban J connectivity index is 2.68. The van der Waals surface area contributed by atoms with Crippen molar-refractivity contribution in [3.05, 3.63) is 87.3 Å². The summed E-state index contributed by atoms with van der Waals surface area (Å²) < 4.78 is 209. The van der Waals surface area contributed by atoms with Crippen LogP contribution < -0.4 is 15.9 Å². The van der Waals surface area contributed by atoms with E-state index in [1.165, 1.54) is 0 Å². The summed E-state index contributed by atoms with van der Waals surface area (Å²) in [4.78, 5) is 0.